The van der Waals surface area contributed by atoms with E-state index in [2.05, 4.69) is 12.6 Å². The predicted molar refractivity (Wildman–Crippen MR) is 124 cm³/mol. The van der Waals surface area contributed by atoms with Gasteiger partial charge in [-0.15, -0.1) is 0 Å². The lowest BCUT2D eigenvalue weighted by atomic mass is 9.90. The van der Waals surface area contributed by atoms with Crippen molar-refractivity contribution >= 4 is 38.6 Å². The molecule has 0 aliphatic heterocycles. The molecule has 0 amide bonds. The molecule has 2 saturated carbocycles. The molecule has 0 radical (unpaired) electrons. The van der Waals surface area contributed by atoms with Crippen LogP contribution in [0.15, 0.2) is 29.2 Å². The molecule has 1 atom stereocenters. The van der Waals surface area contributed by atoms with Gasteiger partial charge in [0.15, 0.2) is 21.2 Å². The molecule has 2 aliphatic rings. The van der Waals surface area contributed by atoms with Crippen LogP contribution < -0.4 is 0 Å². The average molecular weight is 549 g/mol. The number of carbonyl (C=O) groups excluding carboxylic acids is 1. The molecule has 13 heteroatoms. The molecule has 1 aromatic rings. The molecule has 7 nitrogen and oxygen atoms in total. The lowest BCUT2D eigenvalue weighted by molar-refractivity contribution is -0.119. The van der Waals surface area contributed by atoms with Crippen molar-refractivity contribution in [2.45, 2.75) is 80.4 Å². The van der Waals surface area contributed by atoms with E-state index in [9.17, 15) is 26.4 Å². The summed E-state index contributed by atoms with van der Waals surface area (Å²) in [7, 11) is -9.67. The van der Waals surface area contributed by atoms with Crippen molar-refractivity contribution in [3.8, 4) is 0 Å². The third kappa shape index (κ3) is 11.5. The summed E-state index contributed by atoms with van der Waals surface area (Å²) in [5, 5.41) is 0.170. The van der Waals surface area contributed by atoms with Crippen molar-refractivity contribution in [1.29, 1.82) is 0 Å². The second-order valence-corrected chi connectivity index (χ2v) is 11.9. The highest BCUT2D eigenvalue weighted by molar-refractivity contribution is 7.87. The molecule has 2 aliphatic carbocycles. The van der Waals surface area contributed by atoms with E-state index in [1.54, 1.807) is 24.3 Å². The Labute approximate surface area is 204 Å². The fourth-order valence-electron chi connectivity index (χ4n) is 3.30. The zero-order chi connectivity index (χ0) is 26.0. The van der Waals surface area contributed by atoms with E-state index in [-0.39, 0.29) is 10.1 Å². The lowest BCUT2D eigenvalue weighted by Gasteiger charge is -2.20. The molecular weight excluding hydrogens is 517 g/mol. The van der Waals surface area contributed by atoms with Crippen LogP contribution in [0.5, 0.6) is 0 Å². The molecule has 0 saturated heterocycles. The van der Waals surface area contributed by atoms with Gasteiger partial charge in [0, 0.05) is 12.8 Å². The van der Waals surface area contributed by atoms with Crippen molar-refractivity contribution in [2.24, 2.45) is 5.92 Å². The maximum absolute atomic E-state index is 12.0. The Kier molecular flexibility index (Phi) is 12.5. The highest BCUT2D eigenvalue weighted by Crippen LogP contribution is 2.25. The first-order chi connectivity index (χ1) is 15.6. The highest BCUT2D eigenvalue weighted by Gasteiger charge is 2.36. The molecule has 0 aromatic heterocycles. The van der Waals surface area contributed by atoms with E-state index >= 15 is 0 Å². The number of carbonyl (C=O) groups is 1. The van der Waals surface area contributed by atoms with E-state index in [1.807, 2.05) is 6.92 Å². The van der Waals surface area contributed by atoms with Gasteiger partial charge in [0.1, 0.15) is 0 Å². The Hall–Kier alpha value is -1.15. The van der Waals surface area contributed by atoms with E-state index in [1.165, 1.54) is 25.7 Å². The van der Waals surface area contributed by atoms with Crippen LogP contribution in [0.4, 0.5) is 13.2 Å². The number of hydrogen-bond donors (Lipinski definition) is 0. The van der Waals surface area contributed by atoms with E-state index in [4.69, 9.17) is 17.2 Å². The molecule has 0 N–H and O–H groups in total. The van der Waals surface area contributed by atoms with Gasteiger partial charge < -0.3 is 4.55 Å². The summed E-state index contributed by atoms with van der Waals surface area (Å²) in [5.41, 5.74) is -4.60. The summed E-state index contributed by atoms with van der Waals surface area (Å²) >= 11 is 3.35. The summed E-state index contributed by atoms with van der Waals surface area (Å²) < 4.78 is 88.0. The van der Waals surface area contributed by atoms with Gasteiger partial charge in [-0.05, 0) is 63.3 Å². The number of ketones is 1. The molecule has 1 unspecified atom stereocenters. The Balaban J connectivity index is 0.000000300. The first-order valence-corrected chi connectivity index (χ1v) is 14.2. The predicted octanol–water partition coefficient (Wildman–Crippen LogP) is 3.84. The second kappa shape index (κ2) is 13.8. The van der Waals surface area contributed by atoms with E-state index < -0.39 is 25.7 Å². The summed E-state index contributed by atoms with van der Waals surface area (Å²) in [6, 6.07) is 6.78. The molecule has 196 valence electrons. The first-order valence-electron chi connectivity index (χ1n) is 10.9. The summed E-state index contributed by atoms with van der Waals surface area (Å²) in [6.07, 6.45) is 9.95. The fraction of sp³-hybridized carbons (Fsp3) is 0.667. The third-order valence-corrected chi connectivity index (χ3v) is 7.80. The Morgan fingerprint density at radius 1 is 0.971 bits per heavy atom. The third-order valence-electron chi connectivity index (χ3n) is 5.33. The lowest BCUT2D eigenvalue weighted by Crippen LogP contribution is -2.21. The van der Waals surface area contributed by atoms with Gasteiger partial charge in [-0.25, -0.2) is 8.42 Å². The molecule has 0 bridgehead atoms. The van der Waals surface area contributed by atoms with Crippen LogP contribution in [0.25, 0.3) is 0 Å². The number of rotatable bonds is 4. The zero-order valence-electron chi connectivity index (χ0n) is 18.8. The topological polar surface area (TPSA) is 118 Å². The van der Waals surface area contributed by atoms with Crippen LogP contribution in [-0.4, -0.2) is 44.5 Å². The minimum absolute atomic E-state index is 0.170. The van der Waals surface area contributed by atoms with E-state index in [0.29, 0.717) is 18.3 Å². The maximum atomic E-state index is 12.0. The number of aryl methyl sites for hydroxylation is 1. The monoisotopic (exact) mass is 548 g/mol. The number of benzene rings is 1. The molecule has 34 heavy (non-hydrogen) atoms. The highest BCUT2D eigenvalue weighted by atomic mass is 32.2. The van der Waals surface area contributed by atoms with Crippen LogP contribution in [0.1, 0.15) is 63.4 Å². The smallest absolute Gasteiger partial charge is 0.485 e. The van der Waals surface area contributed by atoms with Crippen LogP contribution in [0.3, 0.4) is 0 Å². The van der Waals surface area contributed by atoms with Gasteiger partial charge in [-0.3, -0.25) is 8.98 Å². The fourth-order valence-corrected chi connectivity index (χ4v) is 4.62. The number of Topliss-reactive ketones (excluding diaryl/α,β-unsaturated/α-hetero) is 1. The second-order valence-electron chi connectivity index (χ2n) is 8.22. The molecule has 3 rings (SSSR count). The normalized spacial score (nSPS) is 19.9. The zero-order valence-corrected chi connectivity index (χ0v) is 21.5. The van der Waals surface area contributed by atoms with E-state index in [0.717, 1.165) is 37.7 Å². The summed E-state index contributed by atoms with van der Waals surface area (Å²) in [4.78, 5) is 11.0. The first kappa shape index (κ1) is 30.9. The molecule has 0 spiro atoms. The van der Waals surface area contributed by atoms with Crippen molar-refractivity contribution in [2.75, 3.05) is 6.61 Å². The molecule has 1 aromatic carbocycles. The van der Waals surface area contributed by atoms with Crippen molar-refractivity contribution in [3.05, 3.63) is 29.8 Å². The SMILES string of the molecule is Cc1ccc(S(=O)(=O)OCC2CCCCC2)cc1.O=C1CCCCC1[SH2+].O=S(=O)([O-])C(F)(F)F. The average Bonchev–Trinajstić information content (AvgIpc) is 2.75. The Morgan fingerprint density at radius 2 is 1.47 bits per heavy atom. The van der Waals surface area contributed by atoms with Gasteiger partial charge >= 0.3 is 5.51 Å². The van der Waals surface area contributed by atoms with Crippen LogP contribution in [-0.2, 0) is 41.8 Å². The number of alkyl halides is 3. The minimum Gasteiger partial charge on any atom is -0.741 e. The largest absolute Gasteiger partial charge is 0.741 e. The molecule has 2 fully saturated rings. The Bertz CT molecular complexity index is 970. The minimum atomic E-state index is -6.09. The van der Waals surface area contributed by atoms with Crippen molar-refractivity contribution in [3.63, 3.8) is 0 Å². The van der Waals surface area contributed by atoms with Crippen LogP contribution >= 0.6 is 0 Å². The Morgan fingerprint density at radius 3 is 1.88 bits per heavy atom. The van der Waals surface area contributed by atoms with Gasteiger partial charge in [0.05, 0.1) is 11.5 Å². The van der Waals surface area contributed by atoms with Crippen molar-refractivity contribution in [1.82, 2.24) is 0 Å². The van der Waals surface area contributed by atoms with Gasteiger partial charge in [0.2, 0.25) is 0 Å². The molecular formula is C21H31F3O7S3. The van der Waals surface area contributed by atoms with Gasteiger partial charge in [-0.1, -0.05) is 37.0 Å². The van der Waals surface area contributed by atoms with Gasteiger partial charge in [0.25, 0.3) is 10.1 Å². The van der Waals surface area contributed by atoms with Crippen LogP contribution in [0.2, 0.25) is 0 Å². The summed E-state index contributed by atoms with van der Waals surface area (Å²) in [5.74, 6) is 0.784. The van der Waals surface area contributed by atoms with Crippen molar-refractivity contribution < 1.29 is 43.5 Å². The maximum Gasteiger partial charge on any atom is 0.485 e. The quantitative estimate of drug-likeness (QED) is 0.243. The molecule has 0 heterocycles. The number of hydrogen-bond acceptors (Lipinski definition) is 7. The number of halogens is 3. The summed E-state index contributed by atoms with van der Waals surface area (Å²) in [6.45, 7) is 2.26. The standard InChI is InChI=1S/C14H20O3S.C6H10OS.CHF3O3S/c1-12-7-9-14(10-8-12)18(15,16)17-11-13-5-3-2-4-6-13;7-5-3-1-2-4-6(5)8;2-1(3,4)8(5,6)7/h7-10,13H,2-6,11H2,1H3;6,8H,1-4H2;(H,5,6,7). The van der Waals surface area contributed by atoms with Crippen LogP contribution in [0, 0.1) is 12.8 Å². The van der Waals surface area contributed by atoms with Gasteiger partial charge in [-0.2, -0.15) is 21.6 Å².